The Balaban J connectivity index is 0.00000300. The van der Waals surface area contributed by atoms with Crippen LogP contribution in [0.3, 0.4) is 0 Å². The van der Waals surface area contributed by atoms with Gasteiger partial charge in [0.1, 0.15) is 11.9 Å². The van der Waals surface area contributed by atoms with Gasteiger partial charge >= 0.3 is 18.9 Å². The number of anilines is 1. The van der Waals surface area contributed by atoms with Gasteiger partial charge in [-0.2, -0.15) is 5.26 Å². The Morgan fingerprint density at radius 1 is 1.28 bits per heavy atom. The summed E-state index contributed by atoms with van der Waals surface area (Å²) in [5, 5.41) is 30.1. The standard InChI is InChI=1S/C19H12FN5O3.Li/c1-2-12-7-16(13(19(27)28)8-14(12)20)22-18(26)15-3-4-17(24-23-15)25-6-5-11(9-21)10-25;/h2-8,10H,1H2,(H,22,26)(H,27,28);/q;+1/p-1. The van der Waals surface area contributed by atoms with E-state index in [0.29, 0.717) is 11.4 Å². The van der Waals surface area contributed by atoms with E-state index in [2.05, 4.69) is 22.1 Å². The summed E-state index contributed by atoms with van der Waals surface area (Å²) in [6.45, 7) is 3.43. The molecule has 29 heavy (non-hydrogen) atoms. The molecule has 2 aromatic heterocycles. The maximum Gasteiger partial charge on any atom is 1.00 e. The number of carboxylic acid groups (broad SMARTS) is 1. The third kappa shape index (κ3) is 4.58. The second kappa shape index (κ2) is 8.98. The van der Waals surface area contributed by atoms with Gasteiger partial charge < -0.3 is 19.8 Å². The molecule has 0 spiro atoms. The van der Waals surface area contributed by atoms with Gasteiger partial charge in [0, 0.05) is 23.5 Å². The smallest absolute Gasteiger partial charge is 0.545 e. The van der Waals surface area contributed by atoms with Crippen molar-refractivity contribution in [2.75, 3.05) is 5.32 Å². The second-order valence-corrected chi connectivity index (χ2v) is 5.56. The quantitative estimate of drug-likeness (QED) is 0.537. The topological polar surface area (TPSA) is 124 Å². The SMILES string of the molecule is C=Cc1cc(NC(=O)c2ccc(-n3ccc(C#N)c3)nn2)c(C(=O)[O-])cc1F.[Li+]. The molecule has 0 saturated carbocycles. The number of hydrogen-bond acceptors (Lipinski definition) is 6. The number of nitrogens with zero attached hydrogens (tertiary/aromatic N) is 4. The van der Waals surface area contributed by atoms with Crippen molar-refractivity contribution in [2.24, 2.45) is 0 Å². The summed E-state index contributed by atoms with van der Waals surface area (Å²) in [6, 6.07) is 8.33. The predicted molar refractivity (Wildman–Crippen MR) is 94.8 cm³/mol. The van der Waals surface area contributed by atoms with Crippen LogP contribution in [0.25, 0.3) is 11.9 Å². The molecule has 10 heteroatoms. The zero-order chi connectivity index (χ0) is 20.3. The van der Waals surface area contributed by atoms with Crippen LogP contribution < -0.4 is 29.3 Å². The molecule has 0 aliphatic rings. The summed E-state index contributed by atoms with van der Waals surface area (Å²) in [5.74, 6) is -2.82. The first-order valence-corrected chi connectivity index (χ1v) is 7.84. The number of carbonyl (C=O) groups excluding carboxylic acids is 2. The summed E-state index contributed by atoms with van der Waals surface area (Å²) in [4.78, 5) is 23.6. The van der Waals surface area contributed by atoms with Gasteiger partial charge in [-0.15, -0.1) is 10.2 Å². The number of amides is 1. The van der Waals surface area contributed by atoms with Crippen molar-refractivity contribution in [1.29, 1.82) is 5.26 Å². The van der Waals surface area contributed by atoms with E-state index >= 15 is 0 Å². The van der Waals surface area contributed by atoms with Crippen molar-refractivity contribution in [2.45, 2.75) is 0 Å². The van der Waals surface area contributed by atoms with Crippen LogP contribution in [0.15, 0.2) is 49.3 Å². The molecule has 1 N–H and O–H groups in total. The molecule has 138 valence electrons. The minimum absolute atomic E-state index is 0. The number of nitriles is 1. The number of benzene rings is 1. The zero-order valence-corrected chi connectivity index (χ0v) is 15.2. The van der Waals surface area contributed by atoms with Crippen LogP contribution in [0, 0.1) is 17.1 Å². The van der Waals surface area contributed by atoms with Gasteiger partial charge in [0.15, 0.2) is 11.5 Å². The first-order valence-electron chi connectivity index (χ1n) is 7.84. The number of carboxylic acids is 1. The monoisotopic (exact) mass is 383 g/mol. The number of carbonyl (C=O) groups is 2. The predicted octanol–water partition coefficient (Wildman–Crippen LogP) is -1.46. The van der Waals surface area contributed by atoms with E-state index in [1.165, 1.54) is 18.2 Å². The number of hydrogen-bond donors (Lipinski definition) is 1. The Bertz CT molecular complexity index is 1140. The number of aromatic nitrogens is 3. The Labute approximate surface area is 176 Å². The Hall–Kier alpha value is -3.72. The van der Waals surface area contributed by atoms with E-state index in [4.69, 9.17) is 5.26 Å². The normalized spacial score (nSPS) is 9.79. The summed E-state index contributed by atoms with van der Waals surface area (Å²) in [7, 11) is 0. The van der Waals surface area contributed by atoms with Crippen molar-refractivity contribution >= 4 is 23.6 Å². The first kappa shape index (κ1) is 21.6. The fraction of sp³-hybridized carbons (Fsp3) is 0. The molecule has 0 saturated heterocycles. The van der Waals surface area contributed by atoms with Crippen molar-refractivity contribution < 1.29 is 37.9 Å². The Morgan fingerprint density at radius 3 is 2.59 bits per heavy atom. The molecular weight excluding hydrogens is 372 g/mol. The van der Waals surface area contributed by atoms with E-state index in [9.17, 15) is 19.1 Å². The summed E-state index contributed by atoms with van der Waals surface area (Å²) in [6.07, 6.45) is 4.35. The van der Waals surface area contributed by atoms with Gasteiger partial charge in [-0.1, -0.05) is 12.7 Å². The summed E-state index contributed by atoms with van der Waals surface area (Å²) < 4.78 is 15.3. The molecular formula is C19H11FLiN5O3. The van der Waals surface area contributed by atoms with Gasteiger partial charge in [-0.25, -0.2) is 4.39 Å². The zero-order valence-electron chi connectivity index (χ0n) is 15.2. The summed E-state index contributed by atoms with van der Waals surface area (Å²) in [5.41, 5.74) is -0.311. The molecule has 2 heterocycles. The van der Waals surface area contributed by atoms with Crippen LogP contribution in [-0.4, -0.2) is 26.6 Å². The molecule has 1 amide bonds. The molecule has 0 atom stereocenters. The third-order valence-corrected chi connectivity index (χ3v) is 3.79. The fourth-order valence-electron chi connectivity index (χ4n) is 2.39. The first-order chi connectivity index (χ1) is 13.4. The van der Waals surface area contributed by atoms with Crippen LogP contribution in [-0.2, 0) is 0 Å². The maximum absolute atomic E-state index is 13.8. The van der Waals surface area contributed by atoms with E-state index in [0.717, 1.165) is 12.1 Å². The molecule has 0 fully saturated rings. The van der Waals surface area contributed by atoms with E-state index in [1.54, 1.807) is 23.0 Å². The van der Waals surface area contributed by atoms with Crippen molar-refractivity contribution in [3.05, 3.63) is 77.5 Å². The largest absolute Gasteiger partial charge is 1.00 e. The van der Waals surface area contributed by atoms with Gasteiger partial charge in [0.05, 0.1) is 17.2 Å². The fourth-order valence-corrected chi connectivity index (χ4v) is 2.39. The van der Waals surface area contributed by atoms with Crippen LogP contribution in [0.5, 0.6) is 0 Å². The minimum Gasteiger partial charge on any atom is -0.545 e. The molecule has 3 rings (SSSR count). The van der Waals surface area contributed by atoms with Gasteiger partial charge in [-0.05, 0) is 30.3 Å². The van der Waals surface area contributed by atoms with Crippen molar-refractivity contribution in [3.8, 4) is 11.9 Å². The summed E-state index contributed by atoms with van der Waals surface area (Å²) >= 11 is 0. The number of aromatic carboxylic acids is 1. The number of halogens is 1. The number of nitrogens with one attached hydrogen (secondary N) is 1. The van der Waals surface area contributed by atoms with Crippen LogP contribution >= 0.6 is 0 Å². The molecule has 0 unspecified atom stereocenters. The Morgan fingerprint density at radius 2 is 2.03 bits per heavy atom. The minimum atomic E-state index is -1.65. The van der Waals surface area contributed by atoms with Crippen LogP contribution in [0.1, 0.15) is 32.0 Å². The molecule has 8 nitrogen and oxygen atoms in total. The van der Waals surface area contributed by atoms with E-state index in [-0.39, 0.29) is 35.8 Å². The maximum atomic E-state index is 13.8. The Kier molecular flexibility index (Phi) is 6.68. The van der Waals surface area contributed by atoms with E-state index in [1.807, 2.05) is 6.07 Å². The van der Waals surface area contributed by atoms with Gasteiger partial charge in [0.2, 0.25) is 0 Å². The average molecular weight is 383 g/mol. The molecule has 0 aliphatic carbocycles. The van der Waals surface area contributed by atoms with Crippen molar-refractivity contribution in [1.82, 2.24) is 14.8 Å². The molecule has 1 aromatic carbocycles. The molecule has 0 aliphatic heterocycles. The number of rotatable bonds is 5. The molecule has 3 aromatic rings. The van der Waals surface area contributed by atoms with E-state index < -0.39 is 23.3 Å². The second-order valence-electron chi connectivity index (χ2n) is 5.56. The van der Waals surface area contributed by atoms with Gasteiger partial charge in [-0.3, -0.25) is 4.79 Å². The van der Waals surface area contributed by atoms with Crippen LogP contribution in [0.4, 0.5) is 10.1 Å². The van der Waals surface area contributed by atoms with Crippen molar-refractivity contribution in [3.63, 3.8) is 0 Å². The van der Waals surface area contributed by atoms with Gasteiger partial charge in [0.25, 0.3) is 5.91 Å². The average Bonchev–Trinajstić information content (AvgIpc) is 3.18. The molecule has 0 bridgehead atoms. The molecule has 0 radical (unpaired) electrons. The third-order valence-electron chi connectivity index (χ3n) is 3.79. The van der Waals surface area contributed by atoms with Crippen LogP contribution in [0.2, 0.25) is 0 Å².